The van der Waals surface area contributed by atoms with Gasteiger partial charge in [0.25, 0.3) is 0 Å². The Bertz CT molecular complexity index is 1850. The topological polar surface area (TPSA) is 110 Å². The van der Waals surface area contributed by atoms with Gasteiger partial charge in [-0.1, -0.05) is 67.4 Å². The van der Waals surface area contributed by atoms with E-state index in [9.17, 15) is 15.0 Å². The number of rotatable bonds is 18. The quantitative estimate of drug-likeness (QED) is 0.0766. The summed E-state index contributed by atoms with van der Waals surface area (Å²) in [6, 6.07) is 20.0. The van der Waals surface area contributed by atoms with E-state index in [4.69, 9.17) is 19.0 Å². The van der Waals surface area contributed by atoms with Crippen molar-refractivity contribution in [1.82, 2.24) is 4.90 Å². The number of aliphatic hydroxyl groups excluding tert-OH is 2. The molecule has 1 amide bonds. The van der Waals surface area contributed by atoms with Crippen LogP contribution in [0, 0.1) is 23.7 Å². The molecule has 0 aromatic heterocycles. The van der Waals surface area contributed by atoms with Crippen molar-refractivity contribution < 1.29 is 34.1 Å². The second kappa shape index (κ2) is 17.1. The number of benzene rings is 3. The van der Waals surface area contributed by atoms with Crippen LogP contribution in [0.1, 0.15) is 82.6 Å². The zero-order valence-electron chi connectivity index (χ0n) is 31.8. The van der Waals surface area contributed by atoms with Gasteiger partial charge >= 0.3 is 0 Å². The number of oxime groups is 1. The summed E-state index contributed by atoms with van der Waals surface area (Å²) >= 11 is 0. The van der Waals surface area contributed by atoms with Crippen LogP contribution in [0.5, 0.6) is 17.2 Å². The Hall–Kier alpha value is -4.18. The van der Waals surface area contributed by atoms with Gasteiger partial charge in [0, 0.05) is 43.6 Å². The molecular weight excluding hydrogens is 681 g/mol. The molecule has 0 spiro atoms. The summed E-state index contributed by atoms with van der Waals surface area (Å²) in [4.78, 5) is 21.8. The number of carbonyl (C=O) groups is 1. The van der Waals surface area contributed by atoms with Crippen LogP contribution in [0.4, 0.5) is 0 Å². The fraction of sp³-hybridized carbons (Fsp3) is 0.511. The van der Waals surface area contributed by atoms with Crippen LogP contribution in [0.25, 0.3) is 10.8 Å². The number of nitrogens with zero attached hydrogens (tertiary/aromatic N) is 2. The van der Waals surface area contributed by atoms with Gasteiger partial charge in [-0.05, 0) is 103 Å². The lowest BCUT2D eigenvalue weighted by atomic mass is 9.55. The van der Waals surface area contributed by atoms with E-state index in [1.165, 1.54) is 0 Å². The first-order chi connectivity index (χ1) is 26.5. The van der Waals surface area contributed by atoms with Gasteiger partial charge in [-0.15, -0.1) is 6.58 Å². The van der Waals surface area contributed by atoms with Crippen molar-refractivity contribution in [3.8, 4) is 17.2 Å². The van der Waals surface area contributed by atoms with Crippen molar-refractivity contribution in [3.05, 3.63) is 90.5 Å². The average molecular weight is 737 g/mol. The maximum Gasteiger partial charge on any atom is 0.239 e. The molecule has 2 N–H and O–H groups in total. The summed E-state index contributed by atoms with van der Waals surface area (Å²) in [5, 5.41) is 26.6. The number of allylic oxidation sites excluding steroid dienone is 1. The molecule has 3 aromatic carbocycles. The normalized spacial score (nSPS) is 26.3. The highest BCUT2D eigenvalue weighted by molar-refractivity contribution is 6.03. The van der Waals surface area contributed by atoms with Crippen LogP contribution in [-0.2, 0) is 14.4 Å². The molecule has 3 aromatic rings. The molecule has 2 saturated carbocycles. The molecule has 7 rings (SSSR count). The Balaban J connectivity index is 1.41. The van der Waals surface area contributed by atoms with E-state index >= 15 is 0 Å². The van der Waals surface area contributed by atoms with Crippen molar-refractivity contribution in [2.45, 2.75) is 88.9 Å². The van der Waals surface area contributed by atoms with Crippen LogP contribution >= 0.6 is 0 Å². The summed E-state index contributed by atoms with van der Waals surface area (Å²) in [7, 11) is 1.58. The third-order valence-corrected chi connectivity index (χ3v) is 11.9. The van der Waals surface area contributed by atoms with Crippen molar-refractivity contribution in [2.24, 2.45) is 28.8 Å². The molecule has 6 atom stereocenters. The van der Waals surface area contributed by atoms with Crippen molar-refractivity contribution in [1.29, 1.82) is 0 Å². The predicted molar refractivity (Wildman–Crippen MR) is 211 cm³/mol. The smallest absolute Gasteiger partial charge is 0.239 e. The molecule has 54 heavy (non-hydrogen) atoms. The molecular formula is C45H56N2O7. The first-order valence-corrected chi connectivity index (χ1v) is 20.0. The summed E-state index contributed by atoms with van der Waals surface area (Å²) in [6.07, 6.45) is 12.1. The molecule has 1 heterocycles. The van der Waals surface area contributed by atoms with E-state index in [0.717, 1.165) is 90.5 Å². The standard InChI is InChI=1S/C45H56N2O7/c1-4-22-47(44(50)31-16-17-31)41-29-39(46-51-3)37-27-33(14-8-10-23-48)36(15-9-11-24-49)42-38-28-35(53-34-19-18-30-12-6-7-13-32(30)26-34)20-21-40(38)54-45(41,43(37)42)52-25-5-2/h5-7,12-13,18-21,26-28,31,33,36,41-43,48-49H,2,4,8-11,14-17,22-25,29H2,1,3H3. The molecule has 6 unspecified atom stereocenters. The summed E-state index contributed by atoms with van der Waals surface area (Å²) in [5.74, 6) is 1.02. The Morgan fingerprint density at radius 2 is 1.74 bits per heavy atom. The largest absolute Gasteiger partial charge is 0.459 e. The Kier molecular flexibility index (Phi) is 12.1. The molecule has 4 aliphatic rings. The highest BCUT2D eigenvalue weighted by Crippen LogP contribution is 2.62. The van der Waals surface area contributed by atoms with Crippen LogP contribution in [-0.4, -0.2) is 72.0 Å². The van der Waals surface area contributed by atoms with E-state index < -0.39 is 11.8 Å². The van der Waals surface area contributed by atoms with E-state index in [1.54, 1.807) is 13.2 Å². The fourth-order valence-electron chi connectivity index (χ4n) is 9.41. The van der Waals surface area contributed by atoms with E-state index in [2.05, 4.69) is 55.1 Å². The highest BCUT2D eigenvalue weighted by Gasteiger charge is 2.65. The number of aliphatic hydroxyl groups is 2. The summed E-state index contributed by atoms with van der Waals surface area (Å²) in [6.45, 7) is 7.24. The van der Waals surface area contributed by atoms with Crippen LogP contribution in [0.2, 0.25) is 0 Å². The number of fused-ring (bicyclic) bond motifs is 3. The molecule has 0 radical (unpaired) electrons. The lowest BCUT2D eigenvalue weighted by Crippen LogP contribution is -2.70. The van der Waals surface area contributed by atoms with Crippen molar-refractivity contribution in [3.63, 3.8) is 0 Å². The maximum atomic E-state index is 14.2. The predicted octanol–water partition coefficient (Wildman–Crippen LogP) is 8.54. The van der Waals surface area contributed by atoms with E-state index in [0.29, 0.717) is 25.1 Å². The monoisotopic (exact) mass is 736 g/mol. The molecule has 288 valence electrons. The average Bonchev–Trinajstić information content (AvgIpc) is 4.04. The van der Waals surface area contributed by atoms with Gasteiger partial charge in [-0.25, -0.2) is 0 Å². The Morgan fingerprint density at radius 1 is 1.00 bits per heavy atom. The minimum absolute atomic E-state index is 0.0164. The number of carbonyl (C=O) groups excluding carboxylic acids is 1. The molecule has 3 aliphatic carbocycles. The van der Waals surface area contributed by atoms with E-state index in [-0.39, 0.29) is 55.3 Å². The number of ether oxygens (including phenoxy) is 3. The number of hydrogen-bond donors (Lipinski definition) is 2. The van der Waals surface area contributed by atoms with Gasteiger partial charge in [0.2, 0.25) is 11.7 Å². The van der Waals surface area contributed by atoms with Gasteiger partial charge in [0.05, 0.1) is 18.2 Å². The Labute approximate surface area is 319 Å². The first-order valence-electron chi connectivity index (χ1n) is 20.0. The van der Waals surface area contributed by atoms with Gasteiger partial charge in [-0.2, -0.15) is 0 Å². The van der Waals surface area contributed by atoms with Gasteiger partial charge in [0.15, 0.2) is 0 Å². The fourth-order valence-corrected chi connectivity index (χ4v) is 9.41. The lowest BCUT2D eigenvalue weighted by Gasteiger charge is -2.60. The van der Waals surface area contributed by atoms with Crippen LogP contribution in [0.15, 0.2) is 90.1 Å². The number of hydrogen-bond acceptors (Lipinski definition) is 8. The molecule has 0 bridgehead atoms. The lowest BCUT2D eigenvalue weighted by molar-refractivity contribution is -0.257. The van der Waals surface area contributed by atoms with Gasteiger partial charge < -0.3 is 34.2 Å². The third kappa shape index (κ3) is 7.55. The summed E-state index contributed by atoms with van der Waals surface area (Å²) < 4.78 is 21.0. The van der Waals surface area contributed by atoms with Crippen molar-refractivity contribution >= 4 is 22.4 Å². The van der Waals surface area contributed by atoms with Gasteiger partial charge in [-0.3, -0.25) is 4.79 Å². The second-order valence-electron chi connectivity index (χ2n) is 15.4. The SMILES string of the molecule is C=CCOC12Oc3ccc(Oc4ccc5ccccc5c4)cc3C3C(CCCCO)C(CCCCO)C=C(C(=NOC)CC1N(CCC)C(=O)C1CC1)C32. The zero-order chi connectivity index (χ0) is 37.7. The van der Waals surface area contributed by atoms with Crippen LogP contribution < -0.4 is 9.47 Å². The maximum absolute atomic E-state index is 14.2. The number of unbranched alkanes of at least 4 members (excludes halogenated alkanes) is 2. The minimum atomic E-state index is -1.23. The van der Waals surface area contributed by atoms with Crippen molar-refractivity contribution in [2.75, 3.05) is 33.5 Å². The zero-order valence-corrected chi connectivity index (χ0v) is 31.8. The second-order valence-corrected chi connectivity index (χ2v) is 15.4. The minimum Gasteiger partial charge on any atom is -0.459 e. The third-order valence-electron chi connectivity index (χ3n) is 11.9. The van der Waals surface area contributed by atoms with Crippen LogP contribution in [0.3, 0.4) is 0 Å². The molecule has 1 aliphatic heterocycles. The Morgan fingerprint density at radius 3 is 2.46 bits per heavy atom. The number of amides is 1. The van der Waals surface area contributed by atoms with Gasteiger partial charge in [0.1, 0.15) is 30.4 Å². The molecule has 9 nitrogen and oxygen atoms in total. The summed E-state index contributed by atoms with van der Waals surface area (Å²) in [5.41, 5.74) is 2.89. The first kappa shape index (κ1) is 38.1. The molecule has 2 fully saturated rings. The van der Waals surface area contributed by atoms with E-state index in [1.807, 2.05) is 35.2 Å². The molecule has 9 heteroatoms. The molecule has 0 saturated heterocycles. The highest BCUT2D eigenvalue weighted by atomic mass is 16.7.